The third-order valence-corrected chi connectivity index (χ3v) is 12.6. The number of fused-ring (bicyclic) bond motifs is 2. The number of anilines is 1. The average Bonchev–Trinajstić information content (AvgIpc) is 3.74. The van der Waals surface area contributed by atoms with Crippen LogP contribution in [-0.2, 0) is 22.8 Å². The van der Waals surface area contributed by atoms with E-state index in [1.54, 1.807) is 27.1 Å². The summed E-state index contributed by atoms with van der Waals surface area (Å²) in [7, 11) is 3.93. The molecular formula is C42H45F5N8O4. The molecule has 0 radical (unpaired) electrons. The second-order valence-corrected chi connectivity index (χ2v) is 16.3. The van der Waals surface area contributed by atoms with E-state index in [2.05, 4.69) is 38.7 Å². The normalized spacial score (nSPS) is 23.0. The number of carbonyl (C=O) groups excluding carboxylic acids is 3. The lowest BCUT2D eigenvalue weighted by Crippen LogP contribution is -2.44. The molecule has 312 valence electrons. The first-order chi connectivity index (χ1) is 28.2. The highest BCUT2D eigenvalue weighted by Crippen LogP contribution is 2.40. The molecule has 3 aliphatic rings. The maximum absolute atomic E-state index is 14.1. The summed E-state index contributed by atoms with van der Waals surface area (Å²) >= 11 is 0. The fourth-order valence-corrected chi connectivity index (χ4v) is 9.49. The maximum Gasteiger partial charge on any atom is 0.433 e. The van der Waals surface area contributed by atoms with Gasteiger partial charge in [-0.15, -0.1) is 0 Å². The molecule has 2 aromatic carbocycles. The van der Waals surface area contributed by atoms with E-state index in [4.69, 9.17) is 0 Å². The number of aryl methyl sites for hydroxylation is 1. The predicted octanol–water partition coefficient (Wildman–Crippen LogP) is 7.66. The Balaban J connectivity index is 0.875. The van der Waals surface area contributed by atoms with Crippen molar-refractivity contribution >= 4 is 45.3 Å². The standard InChI is InChI=1S/C42H45F5N8O4/c1-52(26-15-11-24(12-16-26)28-5-3-7-33-37(28)53(2)41(59)55(33)34-17-18-36(56)50-40(34)58)21-23-9-13-27(14-10-23)54-22-25-19-32(29(38(43)44)20-31(25)51-54)49-39(57)30-6-4-8-35(48-30)42(45,46)47/h3-8,19-20,22-24,26-27,34,38H,9-18,21H2,1-2H3,(H,49,57)(H,50,56,58). The monoisotopic (exact) mass is 820 g/mol. The van der Waals surface area contributed by atoms with Crippen molar-refractivity contribution in [2.24, 2.45) is 13.0 Å². The Morgan fingerprint density at radius 3 is 2.39 bits per heavy atom. The Morgan fingerprint density at radius 1 is 0.966 bits per heavy atom. The zero-order valence-corrected chi connectivity index (χ0v) is 32.6. The Bertz CT molecular complexity index is 2480. The number of benzene rings is 2. The number of hydrogen-bond donors (Lipinski definition) is 2. The van der Waals surface area contributed by atoms with E-state index >= 15 is 0 Å². The number of nitrogens with zero attached hydrogens (tertiary/aromatic N) is 6. The van der Waals surface area contributed by atoms with Crippen LogP contribution in [0.5, 0.6) is 0 Å². The highest BCUT2D eigenvalue weighted by atomic mass is 19.4. The molecular weight excluding hydrogens is 776 g/mol. The first kappa shape index (κ1) is 40.3. The molecule has 17 heteroatoms. The first-order valence-corrected chi connectivity index (χ1v) is 20.1. The van der Waals surface area contributed by atoms with Crippen molar-refractivity contribution < 1.29 is 36.3 Å². The van der Waals surface area contributed by atoms with Crippen LogP contribution < -0.4 is 16.3 Å². The third-order valence-electron chi connectivity index (χ3n) is 12.6. The van der Waals surface area contributed by atoms with Crippen LogP contribution in [-0.4, -0.2) is 66.2 Å². The van der Waals surface area contributed by atoms with Crippen molar-refractivity contribution in [2.75, 3.05) is 18.9 Å². The fourth-order valence-electron chi connectivity index (χ4n) is 9.49. The number of pyridine rings is 1. The highest BCUT2D eigenvalue weighted by Gasteiger charge is 2.35. The second kappa shape index (κ2) is 16.0. The summed E-state index contributed by atoms with van der Waals surface area (Å²) < 4.78 is 72.7. The van der Waals surface area contributed by atoms with Crippen LogP contribution in [0.15, 0.2) is 59.5 Å². The van der Waals surface area contributed by atoms with Crippen LogP contribution >= 0.6 is 0 Å². The highest BCUT2D eigenvalue weighted by molar-refractivity contribution is 6.04. The molecule has 2 aliphatic carbocycles. The molecule has 3 fully saturated rings. The van der Waals surface area contributed by atoms with Gasteiger partial charge in [-0.05, 0) is 113 Å². The van der Waals surface area contributed by atoms with Crippen molar-refractivity contribution in [1.82, 2.24) is 34.1 Å². The summed E-state index contributed by atoms with van der Waals surface area (Å²) in [5.41, 5.74) is 0.213. The number of amides is 3. The number of carbonyl (C=O) groups is 3. The lowest BCUT2D eigenvalue weighted by Gasteiger charge is -2.38. The molecule has 1 saturated heterocycles. The number of nitrogens with one attached hydrogen (secondary N) is 2. The van der Waals surface area contributed by atoms with E-state index in [9.17, 15) is 41.1 Å². The number of piperidine rings is 1. The van der Waals surface area contributed by atoms with Gasteiger partial charge in [0.2, 0.25) is 11.8 Å². The molecule has 4 heterocycles. The molecule has 1 atom stereocenters. The Labute approximate surface area is 335 Å². The Hall–Kier alpha value is -5.45. The first-order valence-electron chi connectivity index (χ1n) is 20.1. The summed E-state index contributed by atoms with van der Waals surface area (Å²) in [6, 6.07) is 11.1. The summed E-state index contributed by atoms with van der Waals surface area (Å²) in [4.78, 5) is 56.6. The largest absolute Gasteiger partial charge is 0.433 e. The molecule has 1 aliphatic heterocycles. The molecule has 12 nitrogen and oxygen atoms in total. The van der Waals surface area contributed by atoms with Crippen LogP contribution in [0.4, 0.5) is 27.6 Å². The number of imidazole rings is 1. The van der Waals surface area contributed by atoms with E-state index in [1.165, 1.54) is 12.1 Å². The topological polar surface area (TPSA) is 136 Å². The third kappa shape index (κ3) is 8.00. The molecule has 2 N–H and O–H groups in total. The molecule has 1 unspecified atom stereocenters. The molecule has 3 amide bonds. The van der Waals surface area contributed by atoms with E-state index < -0.39 is 47.4 Å². The van der Waals surface area contributed by atoms with Gasteiger partial charge in [-0.25, -0.2) is 18.6 Å². The lowest BCUT2D eigenvalue weighted by molar-refractivity contribution is -0.141. The smallest absolute Gasteiger partial charge is 0.320 e. The van der Waals surface area contributed by atoms with Crippen LogP contribution in [0.2, 0.25) is 0 Å². The lowest BCUT2D eigenvalue weighted by atomic mass is 9.80. The Kier molecular flexibility index (Phi) is 10.9. The van der Waals surface area contributed by atoms with Crippen LogP contribution in [0, 0.1) is 5.92 Å². The minimum atomic E-state index is -4.77. The second-order valence-electron chi connectivity index (χ2n) is 16.3. The summed E-state index contributed by atoms with van der Waals surface area (Å²) in [6.07, 6.45) is 2.09. The SMILES string of the molecule is CN(CC1CCC(n2cc3cc(NC(=O)c4cccc(C(F)(F)F)n4)c(C(F)F)cc3n2)CC1)C1CCC(c2cccc3c2n(C)c(=O)n3C2CCC(=O)NC2=O)CC1. The number of aromatic nitrogens is 5. The number of halogens is 5. The van der Waals surface area contributed by atoms with Crippen molar-refractivity contribution in [3.8, 4) is 0 Å². The van der Waals surface area contributed by atoms with Gasteiger partial charge >= 0.3 is 11.9 Å². The minimum Gasteiger partial charge on any atom is -0.320 e. The van der Waals surface area contributed by atoms with Crippen LogP contribution in [0.25, 0.3) is 21.9 Å². The van der Waals surface area contributed by atoms with Gasteiger partial charge in [0.25, 0.3) is 12.3 Å². The molecule has 5 aromatic rings. The van der Waals surface area contributed by atoms with Gasteiger partial charge in [0.1, 0.15) is 17.4 Å². The number of rotatable bonds is 9. The van der Waals surface area contributed by atoms with Gasteiger partial charge in [0.15, 0.2) is 0 Å². The van der Waals surface area contributed by atoms with Crippen molar-refractivity contribution in [1.29, 1.82) is 0 Å². The molecule has 59 heavy (non-hydrogen) atoms. The molecule has 2 saturated carbocycles. The van der Waals surface area contributed by atoms with E-state index in [1.807, 2.05) is 12.1 Å². The zero-order valence-electron chi connectivity index (χ0n) is 32.6. The van der Waals surface area contributed by atoms with Gasteiger partial charge in [-0.3, -0.25) is 33.5 Å². The molecule has 3 aromatic heterocycles. The van der Waals surface area contributed by atoms with Crippen molar-refractivity contribution in [2.45, 2.75) is 101 Å². The van der Waals surface area contributed by atoms with Gasteiger partial charge in [-0.2, -0.15) is 18.3 Å². The summed E-state index contributed by atoms with van der Waals surface area (Å²) in [6.45, 7) is 0.948. The van der Waals surface area contributed by atoms with Crippen LogP contribution in [0.1, 0.15) is 116 Å². The van der Waals surface area contributed by atoms with Crippen molar-refractivity contribution in [3.63, 3.8) is 0 Å². The number of para-hydroxylation sites is 1. The average molecular weight is 821 g/mol. The fraction of sp³-hybridized carbons (Fsp3) is 0.476. The van der Waals surface area contributed by atoms with E-state index in [0.717, 1.165) is 87.2 Å². The molecule has 0 spiro atoms. The molecule has 8 rings (SSSR count). The van der Waals surface area contributed by atoms with E-state index in [-0.39, 0.29) is 35.7 Å². The van der Waals surface area contributed by atoms with Gasteiger partial charge in [0, 0.05) is 43.2 Å². The number of hydrogen-bond acceptors (Lipinski definition) is 7. The number of imide groups is 1. The van der Waals surface area contributed by atoms with Gasteiger partial charge < -0.3 is 10.2 Å². The van der Waals surface area contributed by atoms with Crippen LogP contribution in [0.3, 0.4) is 0 Å². The maximum atomic E-state index is 14.1. The van der Waals surface area contributed by atoms with Gasteiger partial charge in [0.05, 0.1) is 28.3 Å². The van der Waals surface area contributed by atoms with Gasteiger partial charge in [-0.1, -0.05) is 18.2 Å². The molecule has 0 bridgehead atoms. The van der Waals surface area contributed by atoms with E-state index in [0.29, 0.717) is 34.8 Å². The predicted molar refractivity (Wildman–Crippen MR) is 209 cm³/mol. The number of alkyl halides is 5. The van der Waals surface area contributed by atoms with Crippen molar-refractivity contribution in [3.05, 3.63) is 87.7 Å². The summed E-state index contributed by atoms with van der Waals surface area (Å²) in [5, 5.41) is 9.84. The summed E-state index contributed by atoms with van der Waals surface area (Å²) in [5.74, 6) is -1.06. The zero-order chi connectivity index (χ0) is 41.7. The Morgan fingerprint density at radius 2 is 1.69 bits per heavy atom. The quantitative estimate of drug-likeness (QED) is 0.115. The minimum absolute atomic E-state index is 0.0604.